The molecule has 0 radical (unpaired) electrons. The van der Waals surface area contributed by atoms with Gasteiger partial charge in [0.2, 0.25) is 0 Å². The molecule has 1 fully saturated rings. The van der Waals surface area contributed by atoms with E-state index in [-0.39, 0.29) is 5.41 Å². The molecule has 5 heteroatoms. The first kappa shape index (κ1) is 12.2. The fourth-order valence-corrected chi connectivity index (χ4v) is 2.03. The van der Waals surface area contributed by atoms with Gasteiger partial charge in [-0.2, -0.15) is 0 Å². The average Bonchev–Trinajstić information content (AvgIpc) is 2.99. The molecule has 0 aromatic heterocycles. The van der Waals surface area contributed by atoms with Gasteiger partial charge in [0.15, 0.2) is 11.6 Å². The van der Waals surface area contributed by atoms with Crippen LogP contribution in [0.4, 0.5) is 8.78 Å². The standard InChI is InChI=1S/C12H13F2NOS/c13-9-2-1-8(5-10(9)14)16-7-12(3-4-12)6-11(15)17/h1-2,5H,3-4,6-7H2,(H2,15,17). The number of ether oxygens (including phenoxy) is 1. The van der Waals surface area contributed by atoms with Crippen molar-refractivity contribution in [3.05, 3.63) is 29.8 Å². The number of hydrogen-bond donors (Lipinski definition) is 1. The van der Waals surface area contributed by atoms with Crippen LogP contribution in [-0.4, -0.2) is 11.6 Å². The van der Waals surface area contributed by atoms with Gasteiger partial charge in [-0.1, -0.05) is 12.2 Å². The third kappa shape index (κ3) is 3.12. The largest absolute Gasteiger partial charge is 0.493 e. The van der Waals surface area contributed by atoms with Crippen LogP contribution in [0.15, 0.2) is 18.2 Å². The van der Waals surface area contributed by atoms with Crippen LogP contribution < -0.4 is 10.5 Å². The molecular formula is C12H13F2NOS. The number of halogens is 2. The van der Waals surface area contributed by atoms with Crippen LogP contribution in [0.5, 0.6) is 5.75 Å². The zero-order valence-corrected chi connectivity index (χ0v) is 10.0. The van der Waals surface area contributed by atoms with E-state index in [9.17, 15) is 8.78 Å². The lowest BCUT2D eigenvalue weighted by Crippen LogP contribution is -2.21. The minimum Gasteiger partial charge on any atom is -0.493 e. The second-order valence-corrected chi connectivity index (χ2v) is 5.03. The molecule has 92 valence electrons. The Morgan fingerprint density at radius 2 is 2.06 bits per heavy atom. The van der Waals surface area contributed by atoms with Gasteiger partial charge in [-0.05, 0) is 25.0 Å². The molecule has 0 heterocycles. The van der Waals surface area contributed by atoms with E-state index in [1.165, 1.54) is 6.07 Å². The third-order valence-corrected chi connectivity index (χ3v) is 3.09. The highest BCUT2D eigenvalue weighted by molar-refractivity contribution is 7.80. The van der Waals surface area contributed by atoms with Gasteiger partial charge in [-0.3, -0.25) is 0 Å². The molecule has 0 spiro atoms. The molecule has 0 aliphatic heterocycles. The molecule has 2 N–H and O–H groups in total. The maximum atomic E-state index is 12.9. The Morgan fingerprint density at radius 3 is 2.59 bits per heavy atom. The first-order valence-corrected chi connectivity index (χ1v) is 5.78. The molecule has 1 aromatic carbocycles. The Balaban J connectivity index is 1.94. The quantitative estimate of drug-likeness (QED) is 0.824. The summed E-state index contributed by atoms with van der Waals surface area (Å²) in [4.78, 5) is 0.469. The molecule has 2 nitrogen and oxygen atoms in total. The Labute approximate surface area is 104 Å². The minimum absolute atomic E-state index is 0.0106. The molecule has 0 saturated heterocycles. The van der Waals surface area contributed by atoms with Gasteiger partial charge >= 0.3 is 0 Å². The number of hydrogen-bond acceptors (Lipinski definition) is 2. The van der Waals surface area contributed by atoms with E-state index in [1.54, 1.807) is 0 Å². The van der Waals surface area contributed by atoms with E-state index in [4.69, 9.17) is 22.7 Å². The van der Waals surface area contributed by atoms with E-state index in [2.05, 4.69) is 0 Å². The first-order chi connectivity index (χ1) is 8.01. The molecule has 1 aliphatic rings. The Kier molecular flexibility index (Phi) is 3.28. The van der Waals surface area contributed by atoms with Gasteiger partial charge in [0, 0.05) is 17.9 Å². The summed E-state index contributed by atoms with van der Waals surface area (Å²) in [7, 11) is 0. The Hall–Kier alpha value is -1.23. The van der Waals surface area contributed by atoms with Crippen LogP contribution in [0.2, 0.25) is 0 Å². The number of rotatable bonds is 5. The topological polar surface area (TPSA) is 35.2 Å². The second kappa shape index (κ2) is 4.56. The first-order valence-electron chi connectivity index (χ1n) is 5.37. The molecule has 1 aromatic rings. The van der Waals surface area contributed by atoms with E-state index < -0.39 is 11.6 Å². The van der Waals surface area contributed by atoms with Crippen molar-refractivity contribution in [1.82, 2.24) is 0 Å². The maximum absolute atomic E-state index is 12.9. The van der Waals surface area contributed by atoms with Crippen LogP contribution in [-0.2, 0) is 0 Å². The van der Waals surface area contributed by atoms with Crippen molar-refractivity contribution >= 4 is 17.2 Å². The van der Waals surface area contributed by atoms with Crippen molar-refractivity contribution in [3.8, 4) is 5.75 Å². The van der Waals surface area contributed by atoms with Gasteiger partial charge in [-0.15, -0.1) is 0 Å². The van der Waals surface area contributed by atoms with Gasteiger partial charge in [0.25, 0.3) is 0 Å². The summed E-state index contributed by atoms with van der Waals surface area (Å²) in [6, 6.07) is 3.51. The molecule has 0 amide bonds. The number of benzene rings is 1. The Bertz CT molecular complexity index is 446. The number of thiocarbonyl (C=S) groups is 1. The van der Waals surface area contributed by atoms with Gasteiger partial charge in [-0.25, -0.2) is 8.78 Å². The fourth-order valence-electron chi connectivity index (χ4n) is 1.72. The van der Waals surface area contributed by atoms with E-state index in [0.717, 1.165) is 25.0 Å². The highest BCUT2D eigenvalue weighted by Crippen LogP contribution is 2.49. The number of nitrogens with two attached hydrogens (primary N) is 1. The third-order valence-electron chi connectivity index (χ3n) is 2.94. The Morgan fingerprint density at radius 1 is 1.35 bits per heavy atom. The molecule has 0 unspecified atom stereocenters. The molecule has 17 heavy (non-hydrogen) atoms. The summed E-state index contributed by atoms with van der Waals surface area (Å²) in [6.07, 6.45) is 2.66. The van der Waals surface area contributed by atoms with E-state index in [0.29, 0.717) is 23.8 Å². The van der Waals surface area contributed by atoms with Gasteiger partial charge < -0.3 is 10.5 Å². The minimum atomic E-state index is -0.901. The monoisotopic (exact) mass is 257 g/mol. The molecule has 1 aliphatic carbocycles. The SMILES string of the molecule is NC(=S)CC1(COc2ccc(F)c(F)c2)CC1. The van der Waals surface area contributed by atoms with Crippen molar-refractivity contribution < 1.29 is 13.5 Å². The van der Waals surface area contributed by atoms with E-state index in [1.807, 2.05) is 0 Å². The maximum Gasteiger partial charge on any atom is 0.162 e. The van der Waals surface area contributed by atoms with Crippen LogP contribution in [0.25, 0.3) is 0 Å². The van der Waals surface area contributed by atoms with Crippen LogP contribution in [0, 0.1) is 17.0 Å². The summed E-state index contributed by atoms with van der Waals surface area (Å²) >= 11 is 4.87. The van der Waals surface area contributed by atoms with Gasteiger partial charge in [0.05, 0.1) is 11.6 Å². The van der Waals surface area contributed by atoms with Crippen molar-refractivity contribution in [2.24, 2.45) is 11.1 Å². The van der Waals surface area contributed by atoms with Crippen LogP contribution in [0.3, 0.4) is 0 Å². The van der Waals surface area contributed by atoms with Crippen LogP contribution in [0.1, 0.15) is 19.3 Å². The molecule has 0 atom stereocenters. The zero-order valence-electron chi connectivity index (χ0n) is 9.21. The highest BCUT2D eigenvalue weighted by Gasteiger charge is 2.43. The highest BCUT2D eigenvalue weighted by atomic mass is 32.1. The van der Waals surface area contributed by atoms with Crippen molar-refractivity contribution in [3.63, 3.8) is 0 Å². The smallest absolute Gasteiger partial charge is 0.162 e. The fraction of sp³-hybridized carbons (Fsp3) is 0.417. The zero-order chi connectivity index (χ0) is 12.5. The summed E-state index contributed by atoms with van der Waals surface area (Å²) in [5, 5.41) is 0. The lowest BCUT2D eigenvalue weighted by atomic mass is 10.0. The van der Waals surface area contributed by atoms with Gasteiger partial charge in [0.1, 0.15) is 5.75 Å². The summed E-state index contributed by atoms with van der Waals surface area (Å²) in [5.74, 6) is -1.44. The molecule has 0 bridgehead atoms. The van der Waals surface area contributed by atoms with E-state index >= 15 is 0 Å². The molecular weight excluding hydrogens is 244 g/mol. The summed E-state index contributed by atoms with van der Waals surface area (Å²) < 4.78 is 31.1. The summed E-state index contributed by atoms with van der Waals surface area (Å²) in [6.45, 7) is 0.440. The van der Waals surface area contributed by atoms with Crippen molar-refractivity contribution in [1.29, 1.82) is 0 Å². The second-order valence-electron chi connectivity index (χ2n) is 4.51. The molecule has 2 rings (SSSR count). The predicted octanol–water partition coefficient (Wildman–Crippen LogP) is 2.80. The van der Waals surface area contributed by atoms with Crippen LogP contribution >= 0.6 is 12.2 Å². The average molecular weight is 257 g/mol. The predicted molar refractivity (Wildman–Crippen MR) is 64.9 cm³/mol. The lowest BCUT2D eigenvalue weighted by Gasteiger charge is -2.15. The van der Waals surface area contributed by atoms with Crippen molar-refractivity contribution in [2.75, 3.05) is 6.61 Å². The summed E-state index contributed by atoms with van der Waals surface area (Å²) in [5.41, 5.74) is 5.51. The molecule has 1 saturated carbocycles. The van der Waals surface area contributed by atoms with Crippen molar-refractivity contribution in [2.45, 2.75) is 19.3 Å². The lowest BCUT2D eigenvalue weighted by molar-refractivity contribution is 0.237. The normalized spacial score (nSPS) is 16.6.